The number of carbonyl (C=O) groups excluding carboxylic acids is 1. The fourth-order valence-corrected chi connectivity index (χ4v) is 8.97. The summed E-state index contributed by atoms with van der Waals surface area (Å²) in [6.07, 6.45) is 3.35. The standard InChI is InChI=1S/C23H17FN4O2.C18H22BN3O4.C11H7BrFN.C4H10.CH2O3.2Cs.H/c1-12-20(13(2)30-28-12)15-10-18(22-19(11-15)26-23(29)27-22)17-7-4-8-25-21(17)14-5-3-6-16(24)9-14;1-9-14(10(2)24-22-9)11-7-12(15-13(8-11)20-16(23)21-15)19-25-17(3,4)18(5,6)26-19;12-10-5-2-6-14-11(10)8-3-1-4-9(13)7-8;1-4(2)3;2-1-4-3;;;/h3-11H,1-2H3,(H2,26,27,29);7-8H,1-6H3,(H2,20,21,23);1-7H;4H,1-3H3;1,3H;;;/q;;;;;2*+1;-1/p-1. The molecular formula is C57H58BBrCs2F2N8O9. The van der Waals surface area contributed by atoms with Crippen LogP contribution >= 0.6 is 15.9 Å². The number of nitrogens with zero attached hydrogens (tertiary/aromatic N) is 4. The molecule has 6 aromatic heterocycles. The Morgan fingerprint density at radius 2 is 1.09 bits per heavy atom. The molecule has 1 fully saturated rings. The first-order chi connectivity index (χ1) is 37.0. The van der Waals surface area contributed by atoms with Gasteiger partial charge < -0.3 is 49.9 Å². The van der Waals surface area contributed by atoms with Gasteiger partial charge in [0.05, 0.1) is 56.0 Å². The first kappa shape index (κ1) is 66.8. The molecule has 1 saturated heterocycles. The number of hydrogen-bond acceptors (Lipinski definition) is 13. The molecule has 80 heavy (non-hydrogen) atoms. The van der Waals surface area contributed by atoms with Crippen LogP contribution < -0.4 is 160 Å². The zero-order chi connectivity index (χ0) is 56.6. The maximum Gasteiger partial charge on any atom is 1.00 e. The monoisotopic (exact) mass is 1390 g/mol. The van der Waals surface area contributed by atoms with Crippen LogP contribution in [0, 0.1) is 45.2 Å². The van der Waals surface area contributed by atoms with E-state index in [1.807, 2.05) is 116 Å². The second kappa shape index (κ2) is 29.5. The van der Waals surface area contributed by atoms with Gasteiger partial charge in [-0.3, -0.25) is 14.8 Å². The van der Waals surface area contributed by atoms with Crippen molar-refractivity contribution in [3.63, 3.8) is 0 Å². The number of imidazole rings is 2. The maximum atomic E-state index is 13.9. The Hall–Kier alpha value is -4.00. The van der Waals surface area contributed by atoms with Crippen LogP contribution in [-0.2, 0) is 19.0 Å². The van der Waals surface area contributed by atoms with Crippen molar-refractivity contribution in [1.29, 1.82) is 0 Å². The summed E-state index contributed by atoms with van der Waals surface area (Å²) in [6.45, 7) is 21.8. The van der Waals surface area contributed by atoms with Crippen LogP contribution in [0.1, 0.15) is 72.8 Å². The van der Waals surface area contributed by atoms with Gasteiger partial charge in [-0.05, 0) is 149 Å². The second-order valence-electron chi connectivity index (χ2n) is 19.8. The Morgan fingerprint density at radius 3 is 1.55 bits per heavy atom. The number of hydrogen-bond donors (Lipinski definition) is 4. The predicted octanol–water partition coefficient (Wildman–Crippen LogP) is 5.29. The van der Waals surface area contributed by atoms with Gasteiger partial charge in [0.15, 0.2) is 0 Å². The van der Waals surface area contributed by atoms with Gasteiger partial charge in [-0.25, -0.2) is 18.4 Å². The van der Waals surface area contributed by atoms with Crippen LogP contribution in [-0.4, -0.2) is 65.0 Å². The van der Waals surface area contributed by atoms with E-state index in [2.05, 4.69) is 81.8 Å². The van der Waals surface area contributed by atoms with Crippen molar-refractivity contribution in [1.82, 2.24) is 40.2 Å². The van der Waals surface area contributed by atoms with E-state index >= 15 is 0 Å². The summed E-state index contributed by atoms with van der Waals surface area (Å²) < 4.78 is 50.7. The Labute approximate surface area is 588 Å². The average Bonchev–Trinajstić information content (AvgIpc) is 4.37. The molecule has 406 valence electrons. The number of aromatic amines is 4. The van der Waals surface area contributed by atoms with Crippen molar-refractivity contribution < 1.29 is 181 Å². The molecule has 10 aromatic rings. The summed E-state index contributed by atoms with van der Waals surface area (Å²) in [7, 11) is -0.589. The largest absolute Gasteiger partial charge is 1.00 e. The molecule has 0 aliphatic carbocycles. The molecule has 1 aliphatic rings. The van der Waals surface area contributed by atoms with E-state index in [1.54, 1.807) is 24.5 Å². The molecule has 0 atom stereocenters. The summed E-state index contributed by atoms with van der Waals surface area (Å²) in [5.74, 6) is 1.65. The van der Waals surface area contributed by atoms with Gasteiger partial charge in [0.25, 0.3) is 6.47 Å². The van der Waals surface area contributed by atoms with Crippen LogP contribution in [0.5, 0.6) is 0 Å². The molecular weight excluding hydrogens is 1340 g/mol. The number of rotatable bonds is 7. The van der Waals surface area contributed by atoms with Crippen LogP contribution in [0.2, 0.25) is 0 Å². The summed E-state index contributed by atoms with van der Waals surface area (Å²) in [6, 6.07) is 27.9. The number of fused-ring (bicyclic) bond motifs is 2. The van der Waals surface area contributed by atoms with Crippen LogP contribution in [0.4, 0.5) is 8.78 Å². The van der Waals surface area contributed by atoms with E-state index in [1.165, 1.54) is 24.3 Å². The summed E-state index contributed by atoms with van der Waals surface area (Å²) in [5, 5.41) is 16.5. The molecule has 11 rings (SSSR count). The number of aromatic nitrogens is 8. The summed E-state index contributed by atoms with van der Waals surface area (Å²) in [5.41, 5.74) is 11.4. The number of pyridine rings is 2. The third kappa shape index (κ3) is 16.2. The van der Waals surface area contributed by atoms with Gasteiger partial charge in [0, 0.05) is 55.7 Å². The molecule has 7 heterocycles. The van der Waals surface area contributed by atoms with Crippen molar-refractivity contribution >= 4 is 57.1 Å². The molecule has 0 amide bonds. The fourth-order valence-electron chi connectivity index (χ4n) is 8.48. The van der Waals surface area contributed by atoms with E-state index in [0.29, 0.717) is 39.1 Å². The SMILES string of the molecule is CC(C)C.Cc1noc(C)c1-c1cc(-c2cccnc2-c2cccc(F)c2)c2[nH]c(=O)[nH]c2c1.Cc1noc(C)c1-c1cc(B2OC(C)(C)C(C)(C)O2)c2[nH]c(=O)[nH]c2c1.Fc1cccc(-c2ncccc2Br)c1.O=CO[O-].[Cs+].[Cs+].[H-]. The minimum atomic E-state index is -0.589. The molecule has 4 aromatic carbocycles. The number of aryl methyl sites for hydroxylation is 4. The quantitative estimate of drug-likeness (QED) is 0.0687. The average molecular weight is 1390 g/mol. The molecule has 17 nitrogen and oxygen atoms in total. The first-order valence-corrected chi connectivity index (χ1v) is 25.4. The van der Waals surface area contributed by atoms with Crippen molar-refractivity contribution in [3.8, 4) is 55.9 Å². The fraction of sp³-hybridized carbons (Fsp3) is 0.246. The normalized spacial score (nSPS) is 12.8. The van der Waals surface area contributed by atoms with E-state index in [-0.39, 0.29) is 169 Å². The number of benzene rings is 4. The third-order valence-electron chi connectivity index (χ3n) is 12.5. The van der Waals surface area contributed by atoms with E-state index in [9.17, 15) is 18.4 Å². The zero-order valence-corrected chi connectivity index (χ0v) is 60.9. The smallest absolute Gasteiger partial charge is 1.00 e. The van der Waals surface area contributed by atoms with Crippen molar-refractivity contribution in [2.45, 2.75) is 87.4 Å². The van der Waals surface area contributed by atoms with E-state index in [4.69, 9.17) is 28.4 Å². The molecule has 4 N–H and O–H groups in total. The predicted molar refractivity (Wildman–Crippen MR) is 298 cm³/mol. The summed E-state index contributed by atoms with van der Waals surface area (Å²) >= 11 is 3.37. The van der Waals surface area contributed by atoms with E-state index < -0.39 is 18.3 Å². The number of nitrogens with one attached hydrogen (secondary N) is 4. The number of carbonyl (C=O) groups is 1. The van der Waals surface area contributed by atoms with Crippen LogP contribution in [0.15, 0.2) is 133 Å². The van der Waals surface area contributed by atoms with Crippen LogP contribution in [0.25, 0.3) is 78.0 Å². The Morgan fingerprint density at radius 1 is 0.637 bits per heavy atom. The van der Waals surface area contributed by atoms with Crippen molar-refractivity contribution in [2.24, 2.45) is 5.92 Å². The minimum absolute atomic E-state index is 0. The van der Waals surface area contributed by atoms with Gasteiger partial charge in [-0.2, -0.15) is 0 Å². The Kier molecular flexibility index (Phi) is 24.6. The Bertz CT molecular complexity index is 3810. The van der Waals surface area contributed by atoms with Crippen LogP contribution in [0.3, 0.4) is 0 Å². The third-order valence-corrected chi connectivity index (χ3v) is 13.2. The van der Waals surface area contributed by atoms with Crippen molar-refractivity contribution in [2.75, 3.05) is 0 Å². The van der Waals surface area contributed by atoms with Gasteiger partial charge in [-0.1, -0.05) is 67.5 Å². The Balaban J connectivity index is 0.000000251. The van der Waals surface area contributed by atoms with Crippen molar-refractivity contribution in [3.05, 3.63) is 169 Å². The number of H-pyrrole nitrogens is 4. The zero-order valence-electron chi connectivity index (χ0n) is 47.7. The number of halogens is 3. The van der Waals surface area contributed by atoms with Gasteiger partial charge in [0.2, 0.25) is 0 Å². The van der Waals surface area contributed by atoms with Gasteiger partial charge >= 0.3 is 156 Å². The first-order valence-electron chi connectivity index (χ1n) is 24.6. The molecule has 23 heteroatoms. The molecule has 0 radical (unpaired) electrons. The van der Waals surface area contributed by atoms with E-state index in [0.717, 1.165) is 77.6 Å². The molecule has 1 aliphatic heterocycles. The summed E-state index contributed by atoms with van der Waals surface area (Å²) in [4.78, 5) is 55.3. The minimum Gasteiger partial charge on any atom is -1.00 e. The van der Waals surface area contributed by atoms with Gasteiger partial charge in [0.1, 0.15) is 23.2 Å². The molecule has 0 unspecified atom stereocenters. The second-order valence-corrected chi connectivity index (χ2v) is 20.6. The maximum absolute atomic E-state index is 13.9. The molecule has 0 bridgehead atoms. The molecule has 0 spiro atoms. The molecule has 0 saturated carbocycles. The topological polar surface area (TPSA) is 243 Å². The van der Waals surface area contributed by atoms with Gasteiger partial charge in [-0.15, -0.1) is 0 Å².